The SMILES string of the molecule is CCCCCc1nc2c(N)nc3c(c2n1CCCCNS(C)(=O)=O)CCCC3. The van der Waals surface area contributed by atoms with E-state index in [1.807, 2.05) is 0 Å². The molecular formula is C20H33N5O2S. The van der Waals surface area contributed by atoms with Crippen molar-refractivity contribution in [1.29, 1.82) is 0 Å². The van der Waals surface area contributed by atoms with Crippen LogP contribution in [0.1, 0.15) is 69.0 Å². The number of nitrogens with one attached hydrogen (secondary N) is 1. The van der Waals surface area contributed by atoms with Gasteiger partial charge in [0.1, 0.15) is 11.3 Å². The van der Waals surface area contributed by atoms with Crippen molar-refractivity contribution in [2.75, 3.05) is 18.5 Å². The van der Waals surface area contributed by atoms with Crippen molar-refractivity contribution in [3.8, 4) is 0 Å². The fraction of sp³-hybridized carbons (Fsp3) is 0.700. The van der Waals surface area contributed by atoms with Gasteiger partial charge in [-0.1, -0.05) is 19.8 Å². The Hall–Kier alpha value is -1.67. The summed E-state index contributed by atoms with van der Waals surface area (Å²) in [7, 11) is -3.13. The van der Waals surface area contributed by atoms with Crippen molar-refractivity contribution < 1.29 is 8.42 Å². The van der Waals surface area contributed by atoms with Crippen molar-refractivity contribution in [1.82, 2.24) is 19.3 Å². The molecule has 0 unspecified atom stereocenters. The van der Waals surface area contributed by atoms with E-state index in [1.165, 1.54) is 43.0 Å². The van der Waals surface area contributed by atoms with Gasteiger partial charge in [-0.2, -0.15) is 0 Å². The summed E-state index contributed by atoms with van der Waals surface area (Å²) < 4.78 is 27.4. The average Bonchev–Trinajstić information content (AvgIpc) is 3.00. The predicted octanol–water partition coefficient (Wildman–Crippen LogP) is 2.95. The molecule has 0 amide bonds. The number of fused-ring (bicyclic) bond motifs is 3. The summed E-state index contributed by atoms with van der Waals surface area (Å²) >= 11 is 0. The van der Waals surface area contributed by atoms with Crippen LogP contribution in [0.15, 0.2) is 0 Å². The Bertz CT molecular complexity index is 921. The molecule has 28 heavy (non-hydrogen) atoms. The van der Waals surface area contributed by atoms with E-state index in [9.17, 15) is 8.42 Å². The van der Waals surface area contributed by atoms with E-state index in [0.717, 1.165) is 62.1 Å². The first kappa shape index (κ1) is 21.0. The van der Waals surface area contributed by atoms with Gasteiger partial charge < -0.3 is 10.3 Å². The molecular weight excluding hydrogens is 374 g/mol. The van der Waals surface area contributed by atoms with Crippen molar-refractivity contribution in [2.24, 2.45) is 0 Å². The van der Waals surface area contributed by atoms with E-state index in [2.05, 4.69) is 21.2 Å². The van der Waals surface area contributed by atoms with Crippen molar-refractivity contribution in [3.05, 3.63) is 17.1 Å². The Morgan fingerprint density at radius 3 is 2.64 bits per heavy atom. The van der Waals surface area contributed by atoms with Crippen LogP contribution in [0.2, 0.25) is 0 Å². The third-order valence-corrected chi connectivity index (χ3v) is 6.17. The zero-order chi connectivity index (χ0) is 20.1. The maximum atomic E-state index is 11.2. The van der Waals surface area contributed by atoms with Crippen LogP contribution >= 0.6 is 0 Å². The fourth-order valence-corrected chi connectivity index (χ4v) is 4.58. The van der Waals surface area contributed by atoms with Gasteiger partial charge in [-0.05, 0) is 50.5 Å². The third kappa shape index (κ3) is 5.03. The number of nitrogens with zero attached hydrogens (tertiary/aromatic N) is 3. The molecule has 7 nitrogen and oxygen atoms in total. The number of sulfonamides is 1. The van der Waals surface area contributed by atoms with E-state index in [0.29, 0.717) is 12.4 Å². The van der Waals surface area contributed by atoms with Gasteiger partial charge in [0.2, 0.25) is 10.0 Å². The van der Waals surface area contributed by atoms with Crippen molar-refractivity contribution >= 4 is 26.9 Å². The highest BCUT2D eigenvalue weighted by Gasteiger charge is 2.22. The first-order valence-electron chi connectivity index (χ1n) is 10.5. The van der Waals surface area contributed by atoms with Gasteiger partial charge in [-0.25, -0.2) is 23.1 Å². The highest BCUT2D eigenvalue weighted by molar-refractivity contribution is 7.88. The number of imidazole rings is 1. The summed E-state index contributed by atoms with van der Waals surface area (Å²) in [4.78, 5) is 9.55. The molecule has 0 atom stereocenters. The zero-order valence-corrected chi connectivity index (χ0v) is 17.9. The number of rotatable bonds is 10. The molecule has 0 aromatic carbocycles. The minimum Gasteiger partial charge on any atom is -0.382 e. The second-order valence-electron chi connectivity index (χ2n) is 7.84. The summed E-state index contributed by atoms with van der Waals surface area (Å²) in [5.41, 5.74) is 10.8. The summed E-state index contributed by atoms with van der Waals surface area (Å²) in [5.74, 6) is 1.64. The van der Waals surface area contributed by atoms with Crippen LogP contribution < -0.4 is 10.5 Å². The molecule has 3 rings (SSSR count). The molecule has 0 radical (unpaired) electrons. The number of aryl methyl sites for hydroxylation is 4. The Morgan fingerprint density at radius 2 is 1.89 bits per heavy atom. The molecule has 156 valence electrons. The maximum Gasteiger partial charge on any atom is 0.208 e. The highest BCUT2D eigenvalue weighted by atomic mass is 32.2. The smallest absolute Gasteiger partial charge is 0.208 e. The standard InChI is InChI=1S/C20H33N5O2S/c1-3-4-5-12-17-24-18-19(15-10-6-7-11-16(15)23-20(18)21)25(17)14-9-8-13-22-28(2,26)27/h22H,3-14H2,1-2H3,(H2,21,23). The second kappa shape index (κ2) is 9.22. The Labute approximate surface area is 168 Å². The van der Waals surface area contributed by atoms with Crippen LogP contribution in [-0.2, 0) is 35.8 Å². The van der Waals surface area contributed by atoms with E-state index in [1.54, 1.807) is 0 Å². The summed E-state index contributed by atoms with van der Waals surface area (Å²) in [6, 6.07) is 0. The normalized spacial score (nSPS) is 14.5. The molecule has 0 saturated carbocycles. The van der Waals surface area contributed by atoms with Crippen LogP contribution in [0.4, 0.5) is 5.82 Å². The van der Waals surface area contributed by atoms with E-state index in [4.69, 9.17) is 10.7 Å². The Balaban J connectivity index is 1.87. The predicted molar refractivity (Wildman–Crippen MR) is 114 cm³/mol. The number of nitrogen functional groups attached to an aromatic ring is 1. The maximum absolute atomic E-state index is 11.2. The van der Waals surface area contributed by atoms with Gasteiger partial charge in [-0.3, -0.25) is 0 Å². The second-order valence-corrected chi connectivity index (χ2v) is 9.67. The number of nitrogens with two attached hydrogens (primary N) is 1. The van der Waals surface area contributed by atoms with E-state index < -0.39 is 10.0 Å². The van der Waals surface area contributed by atoms with Crippen LogP contribution in [0.3, 0.4) is 0 Å². The summed E-state index contributed by atoms with van der Waals surface area (Å²) in [6.45, 7) is 3.51. The molecule has 0 bridgehead atoms. The number of aromatic nitrogens is 3. The average molecular weight is 408 g/mol. The number of unbranched alkanes of at least 4 members (excludes halogenated alkanes) is 3. The van der Waals surface area contributed by atoms with Gasteiger partial charge >= 0.3 is 0 Å². The van der Waals surface area contributed by atoms with Crippen LogP contribution in [0, 0.1) is 0 Å². The molecule has 1 aliphatic carbocycles. The largest absolute Gasteiger partial charge is 0.382 e. The minimum absolute atomic E-state index is 0.471. The van der Waals surface area contributed by atoms with E-state index >= 15 is 0 Å². The summed E-state index contributed by atoms with van der Waals surface area (Å²) in [5, 5.41) is 0. The molecule has 3 N–H and O–H groups in total. The highest BCUT2D eigenvalue weighted by Crippen LogP contribution is 2.32. The molecule has 0 saturated heterocycles. The van der Waals surface area contributed by atoms with Gasteiger partial charge in [-0.15, -0.1) is 0 Å². The number of anilines is 1. The minimum atomic E-state index is -3.13. The fourth-order valence-electron chi connectivity index (χ4n) is 4.07. The molecule has 2 aromatic rings. The van der Waals surface area contributed by atoms with Gasteiger partial charge in [0.15, 0.2) is 5.82 Å². The molecule has 0 aliphatic heterocycles. The molecule has 0 spiro atoms. The molecule has 2 aromatic heterocycles. The first-order chi connectivity index (χ1) is 13.4. The van der Waals surface area contributed by atoms with Crippen molar-refractivity contribution in [2.45, 2.75) is 77.7 Å². The van der Waals surface area contributed by atoms with Crippen molar-refractivity contribution in [3.63, 3.8) is 0 Å². The number of hydrogen-bond donors (Lipinski definition) is 2. The number of hydrogen-bond acceptors (Lipinski definition) is 5. The molecule has 1 aliphatic rings. The topological polar surface area (TPSA) is 103 Å². The lowest BCUT2D eigenvalue weighted by Crippen LogP contribution is -2.23. The monoisotopic (exact) mass is 407 g/mol. The Kier molecular flexibility index (Phi) is 6.93. The van der Waals surface area contributed by atoms with Crippen LogP contribution in [0.5, 0.6) is 0 Å². The molecule has 2 heterocycles. The molecule has 0 fully saturated rings. The van der Waals surface area contributed by atoms with E-state index in [-0.39, 0.29) is 0 Å². The third-order valence-electron chi connectivity index (χ3n) is 5.45. The lowest BCUT2D eigenvalue weighted by molar-refractivity contribution is 0.562. The Morgan fingerprint density at radius 1 is 1.11 bits per heavy atom. The van der Waals surface area contributed by atoms with Gasteiger partial charge in [0.25, 0.3) is 0 Å². The molecule has 8 heteroatoms. The van der Waals surface area contributed by atoms with Crippen LogP contribution in [0.25, 0.3) is 11.0 Å². The lowest BCUT2D eigenvalue weighted by atomic mass is 9.95. The lowest BCUT2D eigenvalue weighted by Gasteiger charge is -2.18. The quantitative estimate of drug-likeness (QED) is 0.590. The summed E-state index contributed by atoms with van der Waals surface area (Å²) in [6.07, 6.45) is 11.7. The van der Waals surface area contributed by atoms with Gasteiger partial charge in [0, 0.05) is 25.2 Å². The van der Waals surface area contributed by atoms with Crippen LogP contribution in [-0.4, -0.2) is 35.8 Å². The number of pyridine rings is 1. The zero-order valence-electron chi connectivity index (χ0n) is 17.1. The van der Waals surface area contributed by atoms with Gasteiger partial charge in [0.05, 0.1) is 11.8 Å². The first-order valence-corrected chi connectivity index (χ1v) is 12.4.